The summed E-state index contributed by atoms with van der Waals surface area (Å²) in [5.74, 6) is -0.581. The summed E-state index contributed by atoms with van der Waals surface area (Å²) in [6.45, 7) is 3.35. The van der Waals surface area contributed by atoms with Crippen molar-refractivity contribution in [3.8, 4) is 0 Å². The SMILES string of the molecule is NC(=O)C1(N2CCCNCC2)CCc2c(F)cccc21. The van der Waals surface area contributed by atoms with Crippen molar-refractivity contribution >= 4 is 5.91 Å². The highest BCUT2D eigenvalue weighted by Gasteiger charge is 2.49. The van der Waals surface area contributed by atoms with Crippen molar-refractivity contribution in [2.75, 3.05) is 26.2 Å². The first-order valence-corrected chi connectivity index (χ1v) is 7.20. The first-order valence-electron chi connectivity index (χ1n) is 7.20. The van der Waals surface area contributed by atoms with Crippen LogP contribution in [0.25, 0.3) is 0 Å². The van der Waals surface area contributed by atoms with E-state index < -0.39 is 5.54 Å². The zero-order valence-electron chi connectivity index (χ0n) is 11.5. The number of carbonyl (C=O) groups is 1. The van der Waals surface area contributed by atoms with E-state index >= 15 is 0 Å². The van der Waals surface area contributed by atoms with Crippen molar-refractivity contribution < 1.29 is 9.18 Å². The minimum absolute atomic E-state index is 0.224. The van der Waals surface area contributed by atoms with Gasteiger partial charge in [-0.15, -0.1) is 0 Å². The van der Waals surface area contributed by atoms with Crippen molar-refractivity contribution in [2.45, 2.75) is 24.8 Å². The summed E-state index contributed by atoms with van der Waals surface area (Å²) in [5.41, 5.74) is 6.35. The van der Waals surface area contributed by atoms with Crippen molar-refractivity contribution in [2.24, 2.45) is 5.73 Å². The molecule has 1 aromatic carbocycles. The van der Waals surface area contributed by atoms with Gasteiger partial charge in [0.2, 0.25) is 5.91 Å². The largest absolute Gasteiger partial charge is 0.368 e. The summed E-state index contributed by atoms with van der Waals surface area (Å²) in [4.78, 5) is 14.4. The molecule has 1 fully saturated rings. The summed E-state index contributed by atoms with van der Waals surface area (Å²) in [5, 5.41) is 3.32. The van der Waals surface area contributed by atoms with E-state index in [9.17, 15) is 9.18 Å². The van der Waals surface area contributed by atoms with Crippen LogP contribution < -0.4 is 11.1 Å². The Hall–Kier alpha value is -1.46. The predicted octanol–water partition coefficient (Wildman–Crippen LogP) is 0.748. The van der Waals surface area contributed by atoms with Crippen LogP contribution in [0.3, 0.4) is 0 Å². The van der Waals surface area contributed by atoms with E-state index in [4.69, 9.17) is 5.73 Å². The molecule has 1 atom stereocenters. The van der Waals surface area contributed by atoms with Crippen LogP contribution in [-0.2, 0) is 16.8 Å². The normalized spacial score (nSPS) is 27.1. The van der Waals surface area contributed by atoms with Crippen LogP contribution in [0.1, 0.15) is 24.0 Å². The standard InChI is InChI=1S/C15H20FN3O/c16-13-4-1-3-12-11(13)5-6-15(12,14(17)20)19-9-2-7-18-8-10-19/h1,3-4,18H,2,5-10H2,(H2,17,20). The number of nitrogens with zero attached hydrogens (tertiary/aromatic N) is 1. The molecule has 1 aliphatic carbocycles. The van der Waals surface area contributed by atoms with E-state index in [0.29, 0.717) is 18.4 Å². The molecule has 5 heteroatoms. The lowest BCUT2D eigenvalue weighted by Gasteiger charge is -2.39. The molecule has 2 aliphatic rings. The number of rotatable bonds is 2. The Kier molecular flexibility index (Phi) is 3.48. The van der Waals surface area contributed by atoms with Crippen LogP contribution in [0, 0.1) is 5.82 Å². The summed E-state index contributed by atoms with van der Waals surface area (Å²) in [7, 11) is 0. The smallest absolute Gasteiger partial charge is 0.242 e. The average Bonchev–Trinajstić information content (AvgIpc) is 2.64. The molecule has 0 aromatic heterocycles. The minimum atomic E-state index is -0.830. The van der Waals surface area contributed by atoms with Crippen molar-refractivity contribution in [1.29, 1.82) is 0 Å². The number of amides is 1. The Morgan fingerprint density at radius 1 is 1.35 bits per heavy atom. The third kappa shape index (κ3) is 1.93. The van der Waals surface area contributed by atoms with Crippen LogP contribution in [-0.4, -0.2) is 37.0 Å². The van der Waals surface area contributed by atoms with Gasteiger partial charge in [-0.2, -0.15) is 0 Å². The molecule has 0 saturated carbocycles. The zero-order valence-corrected chi connectivity index (χ0v) is 11.5. The molecule has 108 valence electrons. The Balaban J connectivity index is 2.07. The number of primary amides is 1. The van der Waals surface area contributed by atoms with Gasteiger partial charge in [-0.3, -0.25) is 9.69 Å². The van der Waals surface area contributed by atoms with Crippen LogP contribution >= 0.6 is 0 Å². The van der Waals surface area contributed by atoms with Gasteiger partial charge in [-0.1, -0.05) is 12.1 Å². The van der Waals surface area contributed by atoms with Gasteiger partial charge in [-0.25, -0.2) is 4.39 Å². The van der Waals surface area contributed by atoms with Gasteiger partial charge in [0.15, 0.2) is 0 Å². The van der Waals surface area contributed by atoms with E-state index in [0.717, 1.165) is 38.2 Å². The highest BCUT2D eigenvalue weighted by Crippen LogP contribution is 2.42. The molecule has 1 aromatic rings. The predicted molar refractivity (Wildman–Crippen MR) is 74.7 cm³/mol. The van der Waals surface area contributed by atoms with Crippen molar-refractivity contribution in [3.63, 3.8) is 0 Å². The molecule has 1 heterocycles. The molecule has 0 radical (unpaired) electrons. The molecule has 1 aliphatic heterocycles. The van der Waals surface area contributed by atoms with E-state index in [2.05, 4.69) is 10.2 Å². The minimum Gasteiger partial charge on any atom is -0.368 e. The molecule has 0 bridgehead atoms. The number of hydrogen-bond donors (Lipinski definition) is 2. The molecule has 20 heavy (non-hydrogen) atoms. The van der Waals surface area contributed by atoms with Crippen molar-refractivity contribution in [1.82, 2.24) is 10.2 Å². The van der Waals surface area contributed by atoms with Gasteiger partial charge < -0.3 is 11.1 Å². The second-order valence-corrected chi connectivity index (χ2v) is 5.58. The van der Waals surface area contributed by atoms with Gasteiger partial charge in [0, 0.05) is 19.6 Å². The van der Waals surface area contributed by atoms with Gasteiger partial charge in [0.1, 0.15) is 11.4 Å². The van der Waals surface area contributed by atoms with E-state index in [1.807, 2.05) is 6.07 Å². The first-order chi connectivity index (χ1) is 9.66. The number of halogens is 1. The van der Waals surface area contributed by atoms with Crippen LogP contribution in [0.5, 0.6) is 0 Å². The third-order valence-corrected chi connectivity index (χ3v) is 4.59. The Bertz CT molecular complexity index is 526. The van der Waals surface area contributed by atoms with Crippen LogP contribution in [0.2, 0.25) is 0 Å². The lowest BCUT2D eigenvalue weighted by molar-refractivity contribution is -0.131. The maximum atomic E-state index is 14.0. The first kappa shape index (κ1) is 13.5. The molecule has 1 saturated heterocycles. The summed E-state index contributed by atoms with van der Waals surface area (Å²) < 4.78 is 14.0. The Morgan fingerprint density at radius 3 is 3.00 bits per heavy atom. The number of benzene rings is 1. The van der Waals surface area contributed by atoms with Crippen LogP contribution in [0.15, 0.2) is 18.2 Å². The Morgan fingerprint density at radius 2 is 2.20 bits per heavy atom. The fraction of sp³-hybridized carbons (Fsp3) is 0.533. The number of fused-ring (bicyclic) bond motifs is 1. The number of hydrogen-bond acceptors (Lipinski definition) is 3. The maximum Gasteiger partial charge on any atom is 0.242 e. The molecule has 3 N–H and O–H groups in total. The Labute approximate surface area is 118 Å². The second-order valence-electron chi connectivity index (χ2n) is 5.58. The van der Waals surface area contributed by atoms with Gasteiger partial charge in [0.05, 0.1) is 0 Å². The van der Waals surface area contributed by atoms with E-state index in [-0.39, 0.29) is 11.7 Å². The topological polar surface area (TPSA) is 58.4 Å². The zero-order chi connectivity index (χ0) is 14.2. The molecule has 1 unspecified atom stereocenters. The van der Waals surface area contributed by atoms with Gasteiger partial charge in [0.25, 0.3) is 0 Å². The second kappa shape index (κ2) is 5.14. The lowest BCUT2D eigenvalue weighted by atomic mass is 9.88. The number of carbonyl (C=O) groups excluding carboxylic acids is 1. The molecule has 4 nitrogen and oxygen atoms in total. The summed E-state index contributed by atoms with van der Waals surface area (Å²) in [6.07, 6.45) is 2.13. The molecule has 1 amide bonds. The van der Waals surface area contributed by atoms with Crippen molar-refractivity contribution in [3.05, 3.63) is 35.1 Å². The van der Waals surface area contributed by atoms with Gasteiger partial charge >= 0.3 is 0 Å². The lowest BCUT2D eigenvalue weighted by Crippen LogP contribution is -2.54. The quantitative estimate of drug-likeness (QED) is 0.838. The van der Waals surface area contributed by atoms with E-state index in [1.165, 1.54) is 6.07 Å². The fourth-order valence-electron chi connectivity index (χ4n) is 3.61. The fourth-order valence-corrected chi connectivity index (χ4v) is 3.61. The number of nitrogens with two attached hydrogens (primary N) is 1. The van der Waals surface area contributed by atoms with Crippen LogP contribution in [0.4, 0.5) is 4.39 Å². The van der Waals surface area contributed by atoms with Gasteiger partial charge in [-0.05, 0) is 43.0 Å². The molecule has 0 spiro atoms. The third-order valence-electron chi connectivity index (χ3n) is 4.59. The summed E-state index contributed by atoms with van der Waals surface area (Å²) >= 11 is 0. The van der Waals surface area contributed by atoms with E-state index in [1.54, 1.807) is 6.07 Å². The molecular formula is C15H20FN3O. The maximum absolute atomic E-state index is 14.0. The molecule has 3 rings (SSSR count). The highest BCUT2D eigenvalue weighted by molar-refractivity contribution is 5.87. The number of nitrogens with one attached hydrogen (secondary N) is 1. The summed E-state index contributed by atoms with van der Waals surface area (Å²) in [6, 6.07) is 4.99. The monoisotopic (exact) mass is 277 g/mol. The average molecular weight is 277 g/mol. The molecular weight excluding hydrogens is 257 g/mol. The highest BCUT2D eigenvalue weighted by atomic mass is 19.1.